The highest BCUT2D eigenvalue weighted by Crippen LogP contribution is 2.33. The van der Waals surface area contributed by atoms with Gasteiger partial charge in [0.1, 0.15) is 5.82 Å². The Balaban J connectivity index is 1.36. The van der Waals surface area contributed by atoms with Crippen molar-refractivity contribution in [3.8, 4) is 6.07 Å². The van der Waals surface area contributed by atoms with E-state index >= 15 is 0 Å². The van der Waals surface area contributed by atoms with Gasteiger partial charge in [-0.1, -0.05) is 0 Å². The minimum Gasteiger partial charge on any atom is -0.378 e. The highest BCUT2D eigenvalue weighted by molar-refractivity contribution is 5.65. The topological polar surface area (TPSA) is 127 Å². The summed E-state index contributed by atoms with van der Waals surface area (Å²) >= 11 is 0. The lowest BCUT2D eigenvalue weighted by atomic mass is 9.77. The molecule has 2 atom stereocenters. The van der Waals surface area contributed by atoms with Gasteiger partial charge >= 0.3 is 0 Å². The van der Waals surface area contributed by atoms with Crippen molar-refractivity contribution in [2.24, 2.45) is 5.92 Å². The van der Waals surface area contributed by atoms with E-state index in [1.807, 2.05) is 13.0 Å². The van der Waals surface area contributed by atoms with Gasteiger partial charge < -0.3 is 25.6 Å². The van der Waals surface area contributed by atoms with Crippen molar-refractivity contribution < 1.29 is 4.74 Å². The van der Waals surface area contributed by atoms with Crippen molar-refractivity contribution in [3.05, 3.63) is 28.7 Å². The molecule has 2 aromatic rings. The smallest absolute Gasteiger partial charge is 0.225 e. The normalized spacial score (nSPS) is 26.0. The summed E-state index contributed by atoms with van der Waals surface area (Å²) in [7, 11) is 0. The van der Waals surface area contributed by atoms with Crippen LogP contribution in [-0.2, 0) is 4.74 Å². The molecule has 2 aromatic heterocycles. The summed E-state index contributed by atoms with van der Waals surface area (Å²) in [6, 6.07) is 5.56. The number of aryl methyl sites for hydroxylation is 1. The lowest BCUT2D eigenvalue weighted by Gasteiger charge is -2.43. The molecule has 3 aliphatic rings. The predicted octanol–water partition coefficient (Wildman–Crippen LogP) is 3.87. The van der Waals surface area contributed by atoms with E-state index in [1.54, 1.807) is 0 Å². The van der Waals surface area contributed by atoms with Crippen LogP contribution in [0.1, 0.15) is 62.4 Å². The molecule has 5 rings (SSSR count). The van der Waals surface area contributed by atoms with Crippen LogP contribution in [0.2, 0.25) is 0 Å². The Morgan fingerprint density at radius 3 is 2.62 bits per heavy atom. The second-order valence-electron chi connectivity index (χ2n) is 10.8. The summed E-state index contributed by atoms with van der Waals surface area (Å²) in [6.45, 7) is 9.46. The van der Waals surface area contributed by atoms with Gasteiger partial charge in [-0.25, -0.2) is 4.98 Å². The second-order valence-corrected chi connectivity index (χ2v) is 10.8. The van der Waals surface area contributed by atoms with Crippen LogP contribution >= 0.6 is 0 Å². The molecule has 5 heterocycles. The number of hydrogen-bond donors (Lipinski definition) is 4. The number of H-pyrrole nitrogens is 1. The van der Waals surface area contributed by atoms with Crippen LogP contribution in [0.15, 0.2) is 11.8 Å². The maximum Gasteiger partial charge on any atom is 0.225 e. The van der Waals surface area contributed by atoms with Crippen LogP contribution in [0.25, 0.3) is 6.08 Å². The Kier molecular flexibility index (Phi) is 7.91. The summed E-state index contributed by atoms with van der Waals surface area (Å²) in [5.41, 5.74) is 4.06. The molecule has 0 aliphatic carbocycles. The number of nitrogens with one attached hydrogen (secondary N) is 4. The molecule has 2 unspecified atom stereocenters. The Morgan fingerprint density at radius 1 is 1.19 bits per heavy atom. The van der Waals surface area contributed by atoms with Gasteiger partial charge in [-0.15, -0.1) is 0 Å². The maximum atomic E-state index is 8.98. The number of aromatic amines is 1. The molecule has 2 bridgehead atoms. The van der Waals surface area contributed by atoms with Gasteiger partial charge in [0.15, 0.2) is 5.82 Å². The number of fused-ring (bicyclic) bond motifs is 2. The fourth-order valence-electron chi connectivity index (χ4n) is 5.96. The van der Waals surface area contributed by atoms with Crippen molar-refractivity contribution in [3.63, 3.8) is 0 Å². The minimum absolute atomic E-state index is 0.313. The molecule has 0 radical (unpaired) electrons. The number of ether oxygens (including phenoxy) is 1. The summed E-state index contributed by atoms with van der Waals surface area (Å²) in [6.07, 6.45) is 8.20. The molecule has 3 saturated heterocycles. The molecular formula is C27H39N9O. The fourth-order valence-corrected chi connectivity index (χ4v) is 5.96. The van der Waals surface area contributed by atoms with Crippen LogP contribution < -0.4 is 16.0 Å². The largest absolute Gasteiger partial charge is 0.378 e. The molecule has 0 aromatic carbocycles. The third kappa shape index (κ3) is 6.40. The fraction of sp³-hybridized carbons (Fsp3) is 0.630. The van der Waals surface area contributed by atoms with Gasteiger partial charge in [0.05, 0.1) is 25.0 Å². The number of morpholine rings is 1. The number of allylic oxidation sites excluding steroid dienone is 1. The summed E-state index contributed by atoms with van der Waals surface area (Å²) in [5, 5.41) is 27.2. The van der Waals surface area contributed by atoms with E-state index in [1.165, 1.54) is 5.70 Å². The first-order valence-electron chi connectivity index (χ1n) is 13.5. The van der Waals surface area contributed by atoms with E-state index in [2.05, 4.69) is 57.0 Å². The molecule has 10 nitrogen and oxygen atoms in total. The van der Waals surface area contributed by atoms with E-state index in [0.29, 0.717) is 36.4 Å². The van der Waals surface area contributed by atoms with Gasteiger partial charge in [-0.05, 0) is 64.9 Å². The quantitative estimate of drug-likeness (QED) is 0.423. The van der Waals surface area contributed by atoms with E-state index in [4.69, 9.17) is 20.0 Å². The van der Waals surface area contributed by atoms with Crippen molar-refractivity contribution >= 4 is 23.7 Å². The Morgan fingerprint density at radius 2 is 1.95 bits per heavy atom. The summed E-state index contributed by atoms with van der Waals surface area (Å²) in [5.74, 6) is 2.80. The molecule has 0 spiro atoms. The number of aromatic nitrogens is 4. The molecular weight excluding hydrogens is 466 g/mol. The third-order valence-corrected chi connectivity index (χ3v) is 7.83. The Hall–Kier alpha value is -3.16. The highest BCUT2D eigenvalue weighted by atomic mass is 16.5. The lowest BCUT2D eigenvalue weighted by Crippen LogP contribution is -2.54. The number of nitrogens with zero attached hydrogens (tertiary/aromatic N) is 5. The van der Waals surface area contributed by atoms with E-state index in [9.17, 15) is 0 Å². The molecule has 0 saturated carbocycles. The van der Waals surface area contributed by atoms with Crippen molar-refractivity contribution in [2.75, 3.05) is 36.9 Å². The van der Waals surface area contributed by atoms with Crippen molar-refractivity contribution in [1.29, 1.82) is 5.26 Å². The Bertz CT molecular complexity index is 1130. The van der Waals surface area contributed by atoms with E-state index < -0.39 is 0 Å². The number of anilines is 3. The van der Waals surface area contributed by atoms with Crippen LogP contribution in [0.5, 0.6) is 0 Å². The zero-order valence-corrected chi connectivity index (χ0v) is 22.2. The molecule has 0 amide bonds. The zero-order chi connectivity index (χ0) is 25.8. The average molecular weight is 506 g/mol. The molecule has 3 aliphatic heterocycles. The minimum atomic E-state index is 0.313. The third-order valence-electron chi connectivity index (χ3n) is 7.83. The monoisotopic (exact) mass is 505 g/mol. The SMILES string of the molecule is C/C(=C\c1nc(NC2CC3CC(CCC#N)CC(C2)N3)nc(Nc2cc(C)[nH]n2)c1C)N1CCOCC1. The number of nitriles is 1. The summed E-state index contributed by atoms with van der Waals surface area (Å²) in [4.78, 5) is 12.2. The molecule has 3 fully saturated rings. The van der Waals surface area contributed by atoms with Crippen LogP contribution in [0.3, 0.4) is 0 Å². The highest BCUT2D eigenvalue weighted by Gasteiger charge is 2.35. The standard InChI is InChI=1S/C27H39N9O/c1-17-11-25(35-34-17)32-26-19(3)24(12-18(2)36-7-9-37-10-8-36)31-27(33-26)30-23-15-21-13-20(5-4-6-28)14-22(16-23)29-21/h11-12,20-23,29H,4-5,7-10,13-16H2,1-3H3,(H3,30,31,32,33,34,35)/b18-12+. The maximum absolute atomic E-state index is 8.98. The molecule has 198 valence electrons. The van der Waals surface area contributed by atoms with Crippen molar-refractivity contribution in [2.45, 2.75) is 77.4 Å². The number of piperidine rings is 2. The first-order chi connectivity index (χ1) is 18.0. The molecule has 4 N–H and O–H groups in total. The summed E-state index contributed by atoms with van der Waals surface area (Å²) < 4.78 is 5.53. The average Bonchev–Trinajstić information content (AvgIpc) is 3.29. The van der Waals surface area contributed by atoms with E-state index in [-0.39, 0.29) is 0 Å². The van der Waals surface area contributed by atoms with Crippen LogP contribution in [0.4, 0.5) is 17.6 Å². The van der Waals surface area contributed by atoms with Crippen LogP contribution in [0, 0.1) is 31.1 Å². The lowest BCUT2D eigenvalue weighted by molar-refractivity contribution is 0.0542. The molecule has 37 heavy (non-hydrogen) atoms. The van der Waals surface area contributed by atoms with Gasteiger partial charge in [0.25, 0.3) is 0 Å². The first-order valence-corrected chi connectivity index (χ1v) is 13.5. The van der Waals surface area contributed by atoms with Crippen molar-refractivity contribution in [1.82, 2.24) is 30.4 Å². The zero-order valence-electron chi connectivity index (χ0n) is 22.2. The van der Waals surface area contributed by atoms with Gasteiger partial charge in [-0.2, -0.15) is 15.3 Å². The molecule has 10 heteroatoms. The number of hydrogen-bond acceptors (Lipinski definition) is 9. The van der Waals surface area contributed by atoms with E-state index in [0.717, 1.165) is 87.0 Å². The number of rotatable bonds is 8. The van der Waals surface area contributed by atoms with Gasteiger partial charge in [0.2, 0.25) is 5.95 Å². The predicted molar refractivity (Wildman–Crippen MR) is 144 cm³/mol. The Labute approximate surface area is 219 Å². The second kappa shape index (κ2) is 11.5. The van der Waals surface area contributed by atoms with Gasteiger partial charge in [-0.3, -0.25) is 5.10 Å². The van der Waals surface area contributed by atoms with Gasteiger partial charge in [0, 0.05) is 60.7 Å². The first kappa shape index (κ1) is 25.5. The van der Waals surface area contributed by atoms with Crippen LogP contribution in [-0.4, -0.2) is 69.5 Å².